The molecular formula is C17H28ClN3O5S. The summed E-state index contributed by atoms with van der Waals surface area (Å²) in [5.74, 6) is 0.0133. The minimum absolute atomic E-state index is 0. The molecule has 10 heteroatoms. The zero-order valence-electron chi connectivity index (χ0n) is 15.7. The van der Waals surface area contributed by atoms with Crippen molar-refractivity contribution >= 4 is 34.0 Å². The Bertz CT molecular complexity index is 709. The third-order valence-electron chi connectivity index (χ3n) is 4.15. The standard InChI is InChI=1S/C17H27N3O5S.ClH/c1-24-11-8-18-13-17(21)19-14-6-7-15(25-2)16(12-14)26(22,23)20-9-4-3-5-10-20;/h6-7,12,18H,3-5,8-11,13H2,1-2H3,(H,19,21);1H. The average Bonchev–Trinajstić information content (AvgIpc) is 2.66. The number of hydrogen-bond donors (Lipinski definition) is 2. The topological polar surface area (TPSA) is 97.0 Å². The zero-order chi connectivity index (χ0) is 19.0. The van der Waals surface area contributed by atoms with Gasteiger partial charge in [-0.25, -0.2) is 8.42 Å². The number of carbonyl (C=O) groups excluding carboxylic acids is 1. The molecule has 2 N–H and O–H groups in total. The number of nitrogens with zero attached hydrogens (tertiary/aromatic N) is 1. The van der Waals surface area contributed by atoms with Gasteiger partial charge in [-0.1, -0.05) is 6.42 Å². The second kappa shape index (κ2) is 11.5. The van der Waals surface area contributed by atoms with Crippen LogP contribution in [0.15, 0.2) is 23.1 Å². The van der Waals surface area contributed by atoms with E-state index in [0.29, 0.717) is 31.9 Å². The van der Waals surface area contributed by atoms with E-state index in [-0.39, 0.29) is 35.5 Å². The minimum atomic E-state index is -3.66. The van der Waals surface area contributed by atoms with Gasteiger partial charge in [0, 0.05) is 32.4 Å². The van der Waals surface area contributed by atoms with Gasteiger partial charge < -0.3 is 20.1 Å². The van der Waals surface area contributed by atoms with Crippen molar-refractivity contribution in [3.8, 4) is 5.75 Å². The maximum absolute atomic E-state index is 13.0. The number of carbonyl (C=O) groups is 1. The molecule has 154 valence electrons. The summed E-state index contributed by atoms with van der Waals surface area (Å²) in [6.45, 7) is 2.19. The van der Waals surface area contributed by atoms with Crippen molar-refractivity contribution in [2.45, 2.75) is 24.2 Å². The number of piperidine rings is 1. The summed E-state index contributed by atoms with van der Waals surface area (Å²) in [5, 5.41) is 5.64. The molecule has 0 radical (unpaired) electrons. The average molecular weight is 422 g/mol. The quantitative estimate of drug-likeness (QED) is 0.586. The highest BCUT2D eigenvalue weighted by Gasteiger charge is 2.29. The van der Waals surface area contributed by atoms with Gasteiger partial charge in [0.1, 0.15) is 10.6 Å². The second-order valence-corrected chi connectivity index (χ2v) is 7.95. The maximum atomic E-state index is 13.0. The Morgan fingerprint density at radius 2 is 1.89 bits per heavy atom. The summed E-state index contributed by atoms with van der Waals surface area (Å²) in [6.07, 6.45) is 2.74. The molecule has 1 aliphatic rings. The molecule has 0 atom stereocenters. The van der Waals surface area contributed by atoms with E-state index >= 15 is 0 Å². The molecule has 0 aromatic heterocycles. The summed E-state index contributed by atoms with van der Waals surface area (Å²) in [4.78, 5) is 12.1. The Kier molecular flexibility index (Phi) is 10.0. The molecule has 1 aromatic rings. The van der Waals surface area contributed by atoms with Crippen LogP contribution in [-0.2, 0) is 19.6 Å². The van der Waals surface area contributed by atoms with Crippen LogP contribution < -0.4 is 15.4 Å². The number of rotatable bonds is 9. The van der Waals surface area contributed by atoms with Crippen LogP contribution in [0.1, 0.15) is 19.3 Å². The van der Waals surface area contributed by atoms with Crippen LogP contribution in [0.5, 0.6) is 5.75 Å². The SMILES string of the molecule is COCCNCC(=O)Nc1ccc(OC)c(S(=O)(=O)N2CCCCC2)c1.Cl. The molecule has 1 aromatic carbocycles. The van der Waals surface area contributed by atoms with Crippen molar-refractivity contribution < 1.29 is 22.7 Å². The van der Waals surface area contributed by atoms with E-state index in [0.717, 1.165) is 19.3 Å². The molecule has 0 bridgehead atoms. The first kappa shape index (κ1) is 23.6. The third-order valence-corrected chi connectivity index (χ3v) is 6.07. The number of anilines is 1. The van der Waals surface area contributed by atoms with E-state index in [4.69, 9.17) is 9.47 Å². The molecule has 2 rings (SSSR count). The predicted molar refractivity (Wildman–Crippen MR) is 106 cm³/mol. The molecular weight excluding hydrogens is 394 g/mol. The lowest BCUT2D eigenvalue weighted by Gasteiger charge is -2.26. The van der Waals surface area contributed by atoms with Gasteiger partial charge in [-0.15, -0.1) is 12.4 Å². The van der Waals surface area contributed by atoms with E-state index in [2.05, 4.69) is 10.6 Å². The summed E-state index contributed by atoms with van der Waals surface area (Å²) in [6, 6.07) is 4.64. The first-order valence-corrected chi connectivity index (χ1v) is 10.1. The lowest BCUT2D eigenvalue weighted by atomic mass is 10.2. The molecule has 1 amide bonds. The fourth-order valence-corrected chi connectivity index (χ4v) is 4.48. The lowest BCUT2D eigenvalue weighted by Crippen LogP contribution is -2.35. The molecule has 1 saturated heterocycles. The van der Waals surface area contributed by atoms with Crippen molar-refractivity contribution in [1.82, 2.24) is 9.62 Å². The van der Waals surface area contributed by atoms with Crippen molar-refractivity contribution in [2.75, 3.05) is 52.3 Å². The van der Waals surface area contributed by atoms with E-state index in [1.54, 1.807) is 19.2 Å². The van der Waals surface area contributed by atoms with Gasteiger partial charge >= 0.3 is 0 Å². The molecule has 0 spiro atoms. The smallest absolute Gasteiger partial charge is 0.246 e. The monoisotopic (exact) mass is 421 g/mol. The molecule has 27 heavy (non-hydrogen) atoms. The molecule has 1 fully saturated rings. The highest BCUT2D eigenvalue weighted by molar-refractivity contribution is 7.89. The van der Waals surface area contributed by atoms with Crippen LogP contribution in [-0.4, -0.2) is 65.6 Å². The van der Waals surface area contributed by atoms with Crippen molar-refractivity contribution in [3.63, 3.8) is 0 Å². The van der Waals surface area contributed by atoms with Crippen molar-refractivity contribution in [1.29, 1.82) is 0 Å². The molecule has 1 aliphatic heterocycles. The van der Waals surface area contributed by atoms with Gasteiger partial charge in [0.25, 0.3) is 0 Å². The number of nitrogens with one attached hydrogen (secondary N) is 2. The number of methoxy groups -OCH3 is 2. The zero-order valence-corrected chi connectivity index (χ0v) is 17.3. The summed E-state index contributed by atoms with van der Waals surface area (Å²) in [7, 11) is -0.643. The molecule has 0 saturated carbocycles. The van der Waals surface area contributed by atoms with Gasteiger partial charge in [0.2, 0.25) is 15.9 Å². The molecule has 1 heterocycles. The summed E-state index contributed by atoms with van der Waals surface area (Å²) >= 11 is 0. The number of benzene rings is 1. The van der Waals surface area contributed by atoms with Crippen molar-refractivity contribution in [2.24, 2.45) is 0 Å². The molecule has 0 aliphatic carbocycles. The fourth-order valence-electron chi connectivity index (χ4n) is 2.78. The highest BCUT2D eigenvalue weighted by Crippen LogP contribution is 2.31. The highest BCUT2D eigenvalue weighted by atomic mass is 35.5. The lowest BCUT2D eigenvalue weighted by molar-refractivity contribution is -0.115. The van der Waals surface area contributed by atoms with Crippen LogP contribution in [0.25, 0.3) is 0 Å². The number of hydrogen-bond acceptors (Lipinski definition) is 6. The minimum Gasteiger partial charge on any atom is -0.495 e. The number of amides is 1. The Morgan fingerprint density at radius 3 is 2.52 bits per heavy atom. The Balaban J connectivity index is 0.00000364. The van der Waals surface area contributed by atoms with E-state index in [1.165, 1.54) is 17.5 Å². The first-order valence-electron chi connectivity index (χ1n) is 8.66. The maximum Gasteiger partial charge on any atom is 0.246 e. The molecule has 0 unspecified atom stereocenters. The Hall–Kier alpha value is -1.39. The summed E-state index contributed by atoms with van der Waals surface area (Å²) < 4.78 is 37.5. The second-order valence-electron chi connectivity index (χ2n) is 6.05. The normalized spacial score (nSPS) is 15.0. The first-order chi connectivity index (χ1) is 12.5. The van der Waals surface area contributed by atoms with Gasteiger partial charge in [0.15, 0.2) is 0 Å². The van der Waals surface area contributed by atoms with Crippen LogP contribution in [0.4, 0.5) is 5.69 Å². The van der Waals surface area contributed by atoms with Crippen LogP contribution in [0, 0.1) is 0 Å². The third kappa shape index (κ3) is 6.62. The Morgan fingerprint density at radius 1 is 1.19 bits per heavy atom. The van der Waals surface area contributed by atoms with Crippen LogP contribution in [0.3, 0.4) is 0 Å². The van der Waals surface area contributed by atoms with Gasteiger partial charge in [-0.2, -0.15) is 4.31 Å². The summed E-state index contributed by atoms with van der Waals surface area (Å²) in [5.41, 5.74) is 0.417. The van der Waals surface area contributed by atoms with E-state index in [9.17, 15) is 13.2 Å². The number of sulfonamides is 1. The van der Waals surface area contributed by atoms with Crippen molar-refractivity contribution in [3.05, 3.63) is 18.2 Å². The van der Waals surface area contributed by atoms with Gasteiger partial charge in [-0.05, 0) is 31.0 Å². The van der Waals surface area contributed by atoms with Crippen LogP contribution in [0.2, 0.25) is 0 Å². The molecule has 8 nitrogen and oxygen atoms in total. The van der Waals surface area contributed by atoms with Crippen LogP contribution >= 0.6 is 12.4 Å². The van der Waals surface area contributed by atoms with E-state index < -0.39 is 10.0 Å². The van der Waals surface area contributed by atoms with E-state index in [1.807, 2.05) is 0 Å². The Labute approximate surface area is 167 Å². The largest absolute Gasteiger partial charge is 0.495 e. The van der Waals surface area contributed by atoms with Gasteiger partial charge in [0.05, 0.1) is 20.3 Å². The van der Waals surface area contributed by atoms with Gasteiger partial charge in [-0.3, -0.25) is 4.79 Å². The number of halogens is 1. The fraction of sp³-hybridized carbons (Fsp3) is 0.588. The number of ether oxygens (including phenoxy) is 2. The predicted octanol–water partition coefficient (Wildman–Crippen LogP) is 1.47.